The van der Waals surface area contributed by atoms with Crippen LogP contribution in [0.15, 0.2) is 71.6 Å². The van der Waals surface area contributed by atoms with Crippen molar-refractivity contribution in [2.24, 2.45) is 0 Å². The molecule has 8 heteroatoms. The summed E-state index contributed by atoms with van der Waals surface area (Å²) >= 11 is 0. The smallest absolute Gasteiger partial charge is 0.287 e. The van der Waals surface area contributed by atoms with Crippen molar-refractivity contribution in [1.82, 2.24) is 0 Å². The Morgan fingerprint density at radius 3 is 2.31 bits per heavy atom. The fourth-order valence-electron chi connectivity index (χ4n) is 3.21. The van der Waals surface area contributed by atoms with Crippen LogP contribution in [-0.4, -0.2) is 14.4 Å². The number of aryl methyl sites for hydroxylation is 1. The van der Waals surface area contributed by atoms with E-state index in [1.54, 1.807) is 6.07 Å². The number of anilines is 2. The zero-order valence-corrected chi connectivity index (χ0v) is 16.2. The van der Waals surface area contributed by atoms with Crippen LogP contribution in [0.3, 0.4) is 0 Å². The fourth-order valence-corrected chi connectivity index (χ4v) is 4.81. The number of sulfonamides is 1. The summed E-state index contributed by atoms with van der Waals surface area (Å²) in [4.78, 5) is 14.3. The minimum Gasteiger partial charge on any atom is -0.287 e. The minimum atomic E-state index is -4.42. The van der Waals surface area contributed by atoms with Crippen molar-refractivity contribution in [3.8, 4) is 0 Å². The minimum absolute atomic E-state index is 0.0685. The molecule has 2 amide bonds. The van der Waals surface area contributed by atoms with Crippen molar-refractivity contribution in [3.63, 3.8) is 0 Å². The van der Waals surface area contributed by atoms with E-state index in [-0.39, 0.29) is 17.1 Å². The van der Waals surface area contributed by atoms with Gasteiger partial charge in [-0.3, -0.25) is 4.90 Å². The maximum absolute atomic E-state index is 14.4. The molecule has 0 unspecified atom stereocenters. The monoisotopic (exact) mass is 414 g/mol. The van der Waals surface area contributed by atoms with E-state index >= 15 is 0 Å². The molecule has 29 heavy (non-hydrogen) atoms. The standard InChI is InChI=1S/C21H16F2N2O3S/c1-14-6-8-15(9-7-14)13-24-18-4-2-3-5-20(18)29(27,28)25(21(24)26)19-12-16(22)10-11-17(19)23/h2-12H,13H2,1H3. The first kappa shape index (κ1) is 19.1. The van der Waals surface area contributed by atoms with Gasteiger partial charge in [-0.05, 0) is 36.8 Å². The van der Waals surface area contributed by atoms with Crippen molar-refractivity contribution in [2.45, 2.75) is 18.4 Å². The molecule has 3 aromatic rings. The van der Waals surface area contributed by atoms with Crippen LogP contribution >= 0.6 is 0 Å². The Morgan fingerprint density at radius 2 is 1.59 bits per heavy atom. The number of amides is 2. The number of carbonyl (C=O) groups excluding carboxylic acids is 1. The lowest BCUT2D eigenvalue weighted by molar-refractivity contribution is 0.253. The Kier molecular flexibility index (Phi) is 4.58. The van der Waals surface area contributed by atoms with Crippen molar-refractivity contribution in [1.29, 1.82) is 0 Å². The van der Waals surface area contributed by atoms with Crippen LogP contribution in [0.1, 0.15) is 11.1 Å². The van der Waals surface area contributed by atoms with Gasteiger partial charge in [-0.1, -0.05) is 42.0 Å². The van der Waals surface area contributed by atoms with Crippen LogP contribution in [-0.2, 0) is 16.6 Å². The average molecular weight is 414 g/mol. The molecule has 1 aliphatic rings. The van der Waals surface area contributed by atoms with Gasteiger partial charge in [-0.25, -0.2) is 22.0 Å². The number of halogens is 2. The predicted molar refractivity (Wildman–Crippen MR) is 105 cm³/mol. The van der Waals surface area contributed by atoms with Crippen LogP contribution in [0, 0.1) is 18.6 Å². The number of fused-ring (bicyclic) bond motifs is 1. The average Bonchev–Trinajstić information content (AvgIpc) is 2.69. The highest BCUT2D eigenvalue weighted by molar-refractivity contribution is 7.94. The summed E-state index contributed by atoms with van der Waals surface area (Å²) in [6.07, 6.45) is 0. The molecule has 148 valence electrons. The van der Waals surface area contributed by atoms with E-state index in [1.165, 1.54) is 23.1 Å². The Hall–Kier alpha value is -3.26. The van der Waals surface area contributed by atoms with Crippen molar-refractivity contribution < 1.29 is 22.0 Å². The van der Waals surface area contributed by atoms with Gasteiger partial charge in [0.15, 0.2) is 0 Å². The topological polar surface area (TPSA) is 57.7 Å². The molecule has 3 aromatic carbocycles. The Morgan fingerprint density at radius 1 is 0.897 bits per heavy atom. The molecule has 0 atom stereocenters. The summed E-state index contributed by atoms with van der Waals surface area (Å²) in [5.74, 6) is -1.87. The highest BCUT2D eigenvalue weighted by atomic mass is 32.2. The number of nitrogens with zero attached hydrogens (tertiary/aromatic N) is 2. The van der Waals surface area contributed by atoms with Gasteiger partial charge in [-0.2, -0.15) is 4.31 Å². The SMILES string of the molecule is Cc1ccc(CN2C(=O)N(c3cc(F)ccc3F)S(=O)(=O)c3ccccc32)cc1. The normalized spacial score (nSPS) is 15.3. The molecule has 0 spiro atoms. The van der Waals surface area contributed by atoms with Gasteiger partial charge in [0.05, 0.1) is 12.2 Å². The Labute approximate surface area is 166 Å². The van der Waals surface area contributed by atoms with Gasteiger partial charge in [0.1, 0.15) is 22.2 Å². The zero-order valence-electron chi connectivity index (χ0n) is 15.3. The van der Waals surface area contributed by atoms with E-state index < -0.39 is 33.4 Å². The van der Waals surface area contributed by atoms with E-state index in [4.69, 9.17) is 0 Å². The third-order valence-corrected chi connectivity index (χ3v) is 6.40. The summed E-state index contributed by atoms with van der Waals surface area (Å²) in [5, 5.41) is 0. The van der Waals surface area contributed by atoms with Gasteiger partial charge in [0.25, 0.3) is 10.0 Å². The van der Waals surface area contributed by atoms with E-state index in [1.807, 2.05) is 31.2 Å². The fraction of sp³-hybridized carbons (Fsp3) is 0.0952. The molecule has 0 radical (unpaired) electrons. The van der Waals surface area contributed by atoms with Crippen LogP contribution in [0.25, 0.3) is 0 Å². The molecule has 1 aliphatic heterocycles. The number of para-hydroxylation sites is 1. The summed E-state index contributed by atoms with van der Waals surface area (Å²) in [7, 11) is -4.42. The second kappa shape index (κ2) is 6.97. The molecule has 0 saturated carbocycles. The second-order valence-corrected chi connectivity index (χ2v) is 8.44. The highest BCUT2D eigenvalue weighted by Crippen LogP contribution is 2.38. The molecule has 0 saturated heterocycles. The third kappa shape index (κ3) is 3.25. The lowest BCUT2D eigenvalue weighted by Gasteiger charge is -2.36. The summed E-state index contributed by atoms with van der Waals surface area (Å²) in [6.45, 7) is 1.99. The van der Waals surface area contributed by atoms with E-state index in [2.05, 4.69) is 0 Å². The summed E-state index contributed by atoms with van der Waals surface area (Å²) in [6, 6.07) is 14.7. The summed E-state index contributed by atoms with van der Waals surface area (Å²) < 4.78 is 54.7. The third-order valence-electron chi connectivity index (χ3n) is 4.67. The van der Waals surface area contributed by atoms with Gasteiger partial charge in [-0.15, -0.1) is 0 Å². The summed E-state index contributed by atoms with van der Waals surface area (Å²) in [5.41, 5.74) is 1.33. The van der Waals surface area contributed by atoms with Crippen LogP contribution in [0.4, 0.5) is 25.0 Å². The lowest BCUT2D eigenvalue weighted by atomic mass is 10.1. The second-order valence-electron chi connectivity index (χ2n) is 6.69. The molecule has 0 fully saturated rings. The molecular formula is C21H16F2N2O3S. The molecule has 1 heterocycles. The number of hydrogen-bond donors (Lipinski definition) is 0. The van der Waals surface area contributed by atoms with E-state index in [0.29, 0.717) is 10.4 Å². The van der Waals surface area contributed by atoms with E-state index in [9.17, 15) is 22.0 Å². The first-order valence-electron chi connectivity index (χ1n) is 8.75. The molecule has 0 aromatic heterocycles. The zero-order chi connectivity index (χ0) is 20.8. The molecule has 0 N–H and O–H groups in total. The number of carbonyl (C=O) groups is 1. The number of benzene rings is 3. The van der Waals surface area contributed by atoms with E-state index in [0.717, 1.165) is 23.3 Å². The van der Waals surface area contributed by atoms with Gasteiger partial charge >= 0.3 is 6.03 Å². The Balaban J connectivity index is 1.89. The maximum Gasteiger partial charge on any atom is 0.343 e. The van der Waals surface area contributed by atoms with Crippen molar-refractivity contribution >= 4 is 27.4 Å². The van der Waals surface area contributed by atoms with Crippen molar-refractivity contribution in [3.05, 3.63) is 89.5 Å². The van der Waals surface area contributed by atoms with Gasteiger partial charge < -0.3 is 0 Å². The van der Waals surface area contributed by atoms with Crippen LogP contribution in [0.5, 0.6) is 0 Å². The van der Waals surface area contributed by atoms with Gasteiger partial charge in [0.2, 0.25) is 0 Å². The lowest BCUT2D eigenvalue weighted by Crippen LogP contribution is -2.51. The predicted octanol–water partition coefficient (Wildman–Crippen LogP) is 4.61. The first-order valence-corrected chi connectivity index (χ1v) is 10.2. The molecule has 5 nitrogen and oxygen atoms in total. The first-order chi connectivity index (χ1) is 13.8. The quantitative estimate of drug-likeness (QED) is 0.629. The molecule has 0 aliphatic carbocycles. The number of rotatable bonds is 3. The van der Waals surface area contributed by atoms with Crippen LogP contribution < -0.4 is 9.21 Å². The largest absolute Gasteiger partial charge is 0.343 e. The molecular weight excluding hydrogens is 398 g/mol. The number of hydrogen-bond acceptors (Lipinski definition) is 3. The molecule has 0 bridgehead atoms. The highest BCUT2D eigenvalue weighted by Gasteiger charge is 2.43. The Bertz CT molecular complexity index is 1210. The van der Waals surface area contributed by atoms with Crippen molar-refractivity contribution in [2.75, 3.05) is 9.21 Å². The number of urea groups is 1. The van der Waals surface area contributed by atoms with Crippen LogP contribution in [0.2, 0.25) is 0 Å². The van der Waals surface area contributed by atoms with Gasteiger partial charge in [0, 0.05) is 6.07 Å². The maximum atomic E-state index is 14.4. The molecule has 4 rings (SSSR count).